The van der Waals surface area contributed by atoms with Gasteiger partial charge in [-0.2, -0.15) is 4.98 Å². The maximum Gasteiger partial charge on any atom is 0.573 e. The smallest absolute Gasteiger partial charge is 0.406 e. The molecule has 1 aliphatic rings. The van der Waals surface area contributed by atoms with Gasteiger partial charge in [0, 0.05) is 23.7 Å². The molecule has 1 aromatic heterocycles. The molecule has 1 aliphatic carbocycles. The Bertz CT molecular complexity index is 723. The van der Waals surface area contributed by atoms with Crippen molar-refractivity contribution in [2.75, 3.05) is 10.6 Å². The third-order valence-corrected chi connectivity index (χ3v) is 3.44. The minimum atomic E-state index is -4.73. The van der Waals surface area contributed by atoms with Gasteiger partial charge in [-0.3, -0.25) is 0 Å². The van der Waals surface area contributed by atoms with Crippen LogP contribution < -0.4 is 15.4 Å². The van der Waals surface area contributed by atoms with Crippen molar-refractivity contribution in [3.05, 3.63) is 30.3 Å². The molecule has 0 atom stereocenters. The zero-order valence-corrected chi connectivity index (χ0v) is 13.9. The van der Waals surface area contributed by atoms with Crippen molar-refractivity contribution in [2.45, 2.75) is 45.1 Å². The maximum absolute atomic E-state index is 12.4. The summed E-state index contributed by atoms with van der Waals surface area (Å²) in [5, 5.41) is 6.42. The molecule has 2 aromatic rings. The first-order valence-electron chi connectivity index (χ1n) is 8.07. The summed E-state index contributed by atoms with van der Waals surface area (Å²) in [5.41, 5.74) is 1.05. The highest BCUT2D eigenvalue weighted by atomic mass is 19.4. The molecule has 3 rings (SSSR count). The van der Waals surface area contributed by atoms with Gasteiger partial charge in [-0.15, -0.1) is 13.2 Å². The molecule has 0 spiro atoms. The van der Waals surface area contributed by atoms with Crippen molar-refractivity contribution < 1.29 is 17.9 Å². The molecule has 0 unspecified atom stereocenters. The van der Waals surface area contributed by atoms with E-state index in [4.69, 9.17) is 0 Å². The number of nitrogens with one attached hydrogen (secondary N) is 2. The third kappa shape index (κ3) is 5.23. The van der Waals surface area contributed by atoms with Crippen LogP contribution >= 0.6 is 0 Å². The van der Waals surface area contributed by atoms with Gasteiger partial charge in [0.05, 0.1) is 5.69 Å². The summed E-state index contributed by atoms with van der Waals surface area (Å²) in [6, 6.07) is 8.00. The van der Waals surface area contributed by atoms with Crippen LogP contribution in [0.25, 0.3) is 11.3 Å². The topological polar surface area (TPSA) is 59.1 Å². The Kier molecular flexibility index (Phi) is 4.69. The van der Waals surface area contributed by atoms with E-state index < -0.39 is 6.36 Å². The van der Waals surface area contributed by atoms with Crippen LogP contribution in [0.15, 0.2) is 30.3 Å². The van der Waals surface area contributed by atoms with Gasteiger partial charge >= 0.3 is 6.36 Å². The second kappa shape index (κ2) is 6.78. The van der Waals surface area contributed by atoms with Gasteiger partial charge in [-0.1, -0.05) is 12.1 Å². The monoisotopic (exact) mass is 352 g/mol. The van der Waals surface area contributed by atoms with E-state index in [1.807, 2.05) is 13.8 Å². The summed E-state index contributed by atoms with van der Waals surface area (Å²) in [6.07, 6.45) is -2.60. The van der Waals surface area contributed by atoms with Crippen molar-refractivity contribution >= 4 is 11.8 Å². The Hall–Kier alpha value is -2.51. The average Bonchev–Trinajstić information content (AvgIpc) is 3.28. The number of halogens is 3. The molecule has 1 saturated carbocycles. The molecule has 134 valence electrons. The zero-order chi connectivity index (χ0) is 18.0. The van der Waals surface area contributed by atoms with E-state index in [0.29, 0.717) is 29.1 Å². The number of nitrogens with zero attached hydrogens (tertiary/aromatic N) is 2. The lowest BCUT2D eigenvalue weighted by Gasteiger charge is -2.14. The van der Waals surface area contributed by atoms with Crippen molar-refractivity contribution in [3.63, 3.8) is 0 Å². The van der Waals surface area contributed by atoms with Crippen LogP contribution in [-0.2, 0) is 0 Å². The Morgan fingerprint density at radius 3 is 2.56 bits per heavy atom. The number of aromatic nitrogens is 2. The first kappa shape index (κ1) is 17.3. The van der Waals surface area contributed by atoms with Gasteiger partial charge in [0.1, 0.15) is 11.6 Å². The molecular weight excluding hydrogens is 333 g/mol. The number of benzene rings is 1. The minimum absolute atomic E-state index is 0.163. The summed E-state index contributed by atoms with van der Waals surface area (Å²) in [6.45, 7) is 3.96. The van der Waals surface area contributed by atoms with Crippen molar-refractivity contribution in [3.8, 4) is 17.0 Å². The summed E-state index contributed by atoms with van der Waals surface area (Å²) >= 11 is 0. The van der Waals surface area contributed by atoms with Crippen LogP contribution in [0.5, 0.6) is 5.75 Å². The summed E-state index contributed by atoms with van der Waals surface area (Å²) in [7, 11) is 0. The number of alkyl halides is 3. The molecule has 1 aromatic carbocycles. The van der Waals surface area contributed by atoms with E-state index in [0.717, 1.165) is 12.8 Å². The fourth-order valence-electron chi connectivity index (χ4n) is 2.29. The van der Waals surface area contributed by atoms with Gasteiger partial charge in [0.15, 0.2) is 0 Å². The molecule has 0 saturated heterocycles. The normalized spacial score (nSPS) is 14.5. The molecule has 1 heterocycles. The Morgan fingerprint density at radius 1 is 1.16 bits per heavy atom. The third-order valence-electron chi connectivity index (χ3n) is 3.44. The van der Waals surface area contributed by atoms with E-state index in [1.54, 1.807) is 12.1 Å². The van der Waals surface area contributed by atoms with Gasteiger partial charge in [0.25, 0.3) is 0 Å². The van der Waals surface area contributed by atoms with E-state index in [2.05, 4.69) is 25.3 Å². The second-order valence-corrected chi connectivity index (χ2v) is 6.26. The van der Waals surface area contributed by atoms with Crippen LogP contribution in [0.2, 0.25) is 0 Å². The van der Waals surface area contributed by atoms with Gasteiger partial charge in [0.2, 0.25) is 5.95 Å². The van der Waals surface area contributed by atoms with Crippen molar-refractivity contribution in [2.24, 2.45) is 0 Å². The van der Waals surface area contributed by atoms with Crippen LogP contribution in [0.1, 0.15) is 26.7 Å². The highest BCUT2D eigenvalue weighted by Gasteiger charge is 2.31. The predicted molar refractivity (Wildman–Crippen MR) is 89.6 cm³/mol. The zero-order valence-electron chi connectivity index (χ0n) is 13.9. The van der Waals surface area contributed by atoms with Crippen LogP contribution in [0, 0.1) is 0 Å². The first-order chi connectivity index (χ1) is 11.8. The van der Waals surface area contributed by atoms with E-state index in [-0.39, 0.29) is 11.8 Å². The van der Waals surface area contributed by atoms with Crippen molar-refractivity contribution in [1.29, 1.82) is 0 Å². The van der Waals surface area contributed by atoms with Crippen molar-refractivity contribution in [1.82, 2.24) is 9.97 Å². The van der Waals surface area contributed by atoms with E-state index in [1.165, 1.54) is 18.2 Å². The second-order valence-electron chi connectivity index (χ2n) is 6.26. The summed E-state index contributed by atoms with van der Waals surface area (Å²) < 4.78 is 41.3. The molecule has 0 bridgehead atoms. The van der Waals surface area contributed by atoms with E-state index in [9.17, 15) is 13.2 Å². The number of hydrogen-bond acceptors (Lipinski definition) is 5. The molecule has 8 heteroatoms. The van der Waals surface area contributed by atoms with Crippen LogP contribution in [-0.4, -0.2) is 28.4 Å². The van der Waals surface area contributed by atoms with Gasteiger partial charge < -0.3 is 15.4 Å². The van der Waals surface area contributed by atoms with Crippen LogP contribution in [0.4, 0.5) is 24.9 Å². The van der Waals surface area contributed by atoms with E-state index >= 15 is 0 Å². The Labute approximate surface area is 143 Å². The maximum atomic E-state index is 12.4. The lowest BCUT2D eigenvalue weighted by molar-refractivity contribution is -0.274. The SMILES string of the molecule is CC(C)Nc1cc(-c2cccc(OC(F)(F)F)c2)nc(NC2CC2)n1. The molecule has 0 radical (unpaired) electrons. The average molecular weight is 352 g/mol. The molecule has 0 aliphatic heterocycles. The predicted octanol–water partition coefficient (Wildman–Crippen LogP) is 4.44. The largest absolute Gasteiger partial charge is 0.573 e. The standard InChI is InChI=1S/C17H19F3N4O/c1-10(2)21-15-9-14(23-16(24-15)22-12-6-7-12)11-4-3-5-13(8-11)25-17(18,19)20/h3-5,8-10,12H,6-7H2,1-2H3,(H2,21,22,23,24). The molecule has 25 heavy (non-hydrogen) atoms. The Morgan fingerprint density at radius 2 is 1.92 bits per heavy atom. The fraction of sp³-hybridized carbons (Fsp3) is 0.412. The first-order valence-corrected chi connectivity index (χ1v) is 8.07. The number of rotatable bonds is 6. The van der Waals surface area contributed by atoms with Gasteiger partial charge in [-0.25, -0.2) is 4.98 Å². The lowest BCUT2D eigenvalue weighted by atomic mass is 10.1. The van der Waals surface area contributed by atoms with Crippen LogP contribution in [0.3, 0.4) is 0 Å². The quantitative estimate of drug-likeness (QED) is 0.805. The highest BCUT2D eigenvalue weighted by Crippen LogP contribution is 2.30. The molecule has 1 fully saturated rings. The molecule has 2 N–H and O–H groups in total. The molecule has 5 nitrogen and oxygen atoms in total. The molecule has 0 amide bonds. The summed E-state index contributed by atoms with van der Waals surface area (Å²) in [4.78, 5) is 8.85. The lowest BCUT2D eigenvalue weighted by Crippen LogP contribution is -2.17. The number of hydrogen-bond donors (Lipinski definition) is 2. The number of ether oxygens (including phenoxy) is 1. The Balaban J connectivity index is 1.92. The minimum Gasteiger partial charge on any atom is -0.406 e. The number of anilines is 2. The highest BCUT2D eigenvalue weighted by molar-refractivity contribution is 5.66. The molecular formula is C17H19F3N4O. The summed E-state index contributed by atoms with van der Waals surface area (Å²) in [5.74, 6) is 0.800. The van der Waals surface area contributed by atoms with Gasteiger partial charge in [-0.05, 0) is 38.8 Å². The fourth-order valence-corrected chi connectivity index (χ4v) is 2.29.